The van der Waals surface area contributed by atoms with Crippen molar-refractivity contribution in [2.24, 2.45) is 5.73 Å². The van der Waals surface area contributed by atoms with Crippen LogP contribution in [0.1, 0.15) is 39.0 Å². The van der Waals surface area contributed by atoms with Crippen molar-refractivity contribution in [3.8, 4) is 0 Å². The van der Waals surface area contributed by atoms with Gasteiger partial charge in [-0.3, -0.25) is 4.90 Å². The van der Waals surface area contributed by atoms with Crippen LogP contribution in [0.4, 0.5) is 0 Å². The summed E-state index contributed by atoms with van der Waals surface area (Å²) in [5.41, 5.74) is 6.30. The van der Waals surface area contributed by atoms with E-state index in [-0.39, 0.29) is 17.6 Å². The normalized spacial score (nSPS) is 28.5. The molecule has 1 saturated heterocycles. The van der Waals surface area contributed by atoms with Crippen LogP contribution in [0.25, 0.3) is 0 Å². The number of likely N-dealkylation sites (tertiary alicyclic amines) is 1. The molecule has 0 spiro atoms. The Hall–Kier alpha value is -0.800. The second-order valence-electron chi connectivity index (χ2n) is 5.28. The summed E-state index contributed by atoms with van der Waals surface area (Å²) in [6.45, 7) is 7.72. The lowest BCUT2D eigenvalue weighted by Gasteiger charge is -2.36. The van der Waals surface area contributed by atoms with Gasteiger partial charge >= 0.3 is 0 Å². The van der Waals surface area contributed by atoms with Crippen molar-refractivity contribution in [3.63, 3.8) is 0 Å². The zero-order valence-corrected chi connectivity index (χ0v) is 9.73. The van der Waals surface area contributed by atoms with E-state index in [9.17, 15) is 0 Å². The number of hydrogen-bond acceptors (Lipinski definition) is 3. The van der Waals surface area contributed by atoms with Gasteiger partial charge in [-0.15, -0.1) is 0 Å². The summed E-state index contributed by atoms with van der Waals surface area (Å²) in [5.74, 6) is 0.995. The van der Waals surface area contributed by atoms with E-state index in [1.165, 1.54) is 0 Å². The number of nitrogens with two attached hydrogens (primary N) is 1. The molecule has 1 aromatic rings. The maximum absolute atomic E-state index is 6.16. The molecule has 3 nitrogen and oxygen atoms in total. The second kappa shape index (κ2) is 3.65. The number of nitrogens with zero attached hydrogens (tertiary/aromatic N) is 1. The van der Waals surface area contributed by atoms with Gasteiger partial charge in [0, 0.05) is 18.1 Å². The Morgan fingerprint density at radius 3 is 2.73 bits per heavy atom. The molecule has 0 radical (unpaired) electrons. The van der Waals surface area contributed by atoms with Crippen LogP contribution in [-0.4, -0.2) is 23.0 Å². The van der Waals surface area contributed by atoms with Gasteiger partial charge in [-0.05, 0) is 39.3 Å². The van der Waals surface area contributed by atoms with E-state index >= 15 is 0 Å². The van der Waals surface area contributed by atoms with Gasteiger partial charge in [0.2, 0.25) is 0 Å². The van der Waals surface area contributed by atoms with Crippen molar-refractivity contribution in [2.75, 3.05) is 6.54 Å². The summed E-state index contributed by atoms with van der Waals surface area (Å²) in [4.78, 5) is 2.43. The van der Waals surface area contributed by atoms with Crippen LogP contribution in [0.5, 0.6) is 0 Å². The van der Waals surface area contributed by atoms with Gasteiger partial charge < -0.3 is 10.2 Å². The lowest BCUT2D eigenvalue weighted by Crippen LogP contribution is -2.43. The van der Waals surface area contributed by atoms with Crippen LogP contribution < -0.4 is 5.73 Å². The Morgan fingerprint density at radius 1 is 1.47 bits per heavy atom. The average molecular weight is 208 g/mol. The maximum Gasteiger partial charge on any atom is 0.122 e. The zero-order valence-electron chi connectivity index (χ0n) is 9.73. The van der Waals surface area contributed by atoms with Crippen LogP contribution in [0.15, 0.2) is 22.8 Å². The summed E-state index contributed by atoms with van der Waals surface area (Å²) in [6.07, 6.45) is 2.77. The molecule has 0 amide bonds. The third-order valence-corrected chi connectivity index (χ3v) is 3.14. The van der Waals surface area contributed by atoms with Crippen molar-refractivity contribution in [1.29, 1.82) is 0 Å². The van der Waals surface area contributed by atoms with Crippen molar-refractivity contribution < 1.29 is 4.42 Å². The van der Waals surface area contributed by atoms with Gasteiger partial charge in [0.05, 0.1) is 12.3 Å². The molecule has 15 heavy (non-hydrogen) atoms. The molecule has 2 heterocycles. The molecule has 84 valence electrons. The van der Waals surface area contributed by atoms with Crippen LogP contribution in [0.3, 0.4) is 0 Å². The minimum Gasteiger partial charge on any atom is -0.468 e. The summed E-state index contributed by atoms with van der Waals surface area (Å²) >= 11 is 0. The third kappa shape index (κ3) is 1.94. The molecular weight excluding hydrogens is 188 g/mol. The fourth-order valence-electron chi connectivity index (χ4n) is 2.39. The zero-order chi connectivity index (χ0) is 11.1. The predicted octanol–water partition coefficient (Wildman–Crippen LogP) is 2.15. The average Bonchev–Trinajstić information content (AvgIpc) is 2.69. The minimum absolute atomic E-state index is 0.144. The smallest absolute Gasteiger partial charge is 0.122 e. The van der Waals surface area contributed by atoms with Crippen LogP contribution in [0.2, 0.25) is 0 Å². The topological polar surface area (TPSA) is 42.4 Å². The van der Waals surface area contributed by atoms with E-state index in [4.69, 9.17) is 10.2 Å². The van der Waals surface area contributed by atoms with Gasteiger partial charge in [0.1, 0.15) is 5.76 Å². The largest absolute Gasteiger partial charge is 0.468 e. The lowest BCUT2D eigenvalue weighted by molar-refractivity contribution is 0.104. The minimum atomic E-state index is 0.144. The molecule has 2 atom stereocenters. The van der Waals surface area contributed by atoms with Crippen LogP contribution in [-0.2, 0) is 0 Å². The third-order valence-electron chi connectivity index (χ3n) is 3.14. The number of hydrogen-bond donors (Lipinski definition) is 1. The van der Waals surface area contributed by atoms with Gasteiger partial charge in [-0.2, -0.15) is 0 Å². The fourth-order valence-corrected chi connectivity index (χ4v) is 2.39. The summed E-state index contributed by atoms with van der Waals surface area (Å²) in [5, 5.41) is 0. The van der Waals surface area contributed by atoms with E-state index in [2.05, 4.69) is 25.7 Å². The van der Waals surface area contributed by atoms with Crippen molar-refractivity contribution in [2.45, 2.75) is 44.8 Å². The molecule has 0 saturated carbocycles. The molecule has 3 heteroatoms. The van der Waals surface area contributed by atoms with Gasteiger partial charge in [-0.25, -0.2) is 0 Å². The summed E-state index contributed by atoms with van der Waals surface area (Å²) < 4.78 is 5.49. The van der Waals surface area contributed by atoms with E-state index in [1.54, 1.807) is 6.26 Å². The Kier molecular flexibility index (Phi) is 2.61. The Bertz CT molecular complexity index is 313. The molecular formula is C12H20N2O. The highest BCUT2D eigenvalue weighted by Crippen LogP contribution is 2.36. The molecule has 1 aliphatic rings. The van der Waals surface area contributed by atoms with Crippen molar-refractivity contribution in [3.05, 3.63) is 24.2 Å². The monoisotopic (exact) mass is 208 g/mol. The van der Waals surface area contributed by atoms with E-state index in [0.717, 1.165) is 18.7 Å². The Labute approximate surface area is 91.2 Å². The molecule has 0 bridgehead atoms. The van der Waals surface area contributed by atoms with Gasteiger partial charge in [0.25, 0.3) is 0 Å². The SMILES string of the molecule is CC(C)(C)N1CCC(N)C1c1ccco1. The van der Waals surface area contributed by atoms with E-state index in [1.807, 2.05) is 12.1 Å². The van der Waals surface area contributed by atoms with Crippen LogP contribution >= 0.6 is 0 Å². The van der Waals surface area contributed by atoms with E-state index < -0.39 is 0 Å². The quantitative estimate of drug-likeness (QED) is 0.769. The Morgan fingerprint density at radius 2 is 2.20 bits per heavy atom. The summed E-state index contributed by atoms with van der Waals surface area (Å²) in [7, 11) is 0. The first kappa shape index (κ1) is 10.7. The van der Waals surface area contributed by atoms with E-state index in [0.29, 0.717) is 0 Å². The standard InChI is InChI=1S/C12H20N2O/c1-12(2,3)14-7-6-9(13)11(14)10-5-4-8-15-10/h4-5,8-9,11H,6-7,13H2,1-3H3. The Balaban J connectivity index is 2.27. The summed E-state index contributed by atoms with van der Waals surface area (Å²) in [6, 6.07) is 4.38. The molecule has 2 rings (SSSR count). The molecule has 1 aliphatic heterocycles. The first-order chi connectivity index (χ1) is 7.00. The number of rotatable bonds is 1. The van der Waals surface area contributed by atoms with Crippen molar-refractivity contribution in [1.82, 2.24) is 4.90 Å². The predicted molar refractivity (Wildman–Crippen MR) is 60.5 cm³/mol. The molecule has 2 unspecified atom stereocenters. The number of furan rings is 1. The molecule has 0 aliphatic carbocycles. The van der Waals surface area contributed by atoms with Crippen LogP contribution in [0, 0.1) is 0 Å². The van der Waals surface area contributed by atoms with Gasteiger partial charge in [-0.1, -0.05) is 0 Å². The fraction of sp³-hybridized carbons (Fsp3) is 0.667. The highest BCUT2D eigenvalue weighted by Gasteiger charge is 2.40. The highest BCUT2D eigenvalue weighted by atomic mass is 16.3. The molecule has 0 aromatic carbocycles. The molecule has 1 aromatic heterocycles. The first-order valence-electron chi connectivity index (χ1n) is 5.56. The molecule has 2 N–H and O–H groups in total. The van der Waals surface area contributed by atoms with Gasteiger partial charge in [0.15, 0.2) is 0 Å². The lowest BCUT2D eigenvalue weighted by atomic mass is 10.0. The maximum atomic E-state index is 6.16. The highest BCUT2D eigenvalue weighted by molar-refractivity contribution is 5.12. The first-order valence-corrected chi connectivity index (χ1v) is 5.56. The second-order valence-corrected chi connectivity index (χ2v) is 5.28. The van der Waals surface area contributed by atoms with Crippen molar-refractivity contribution >= 4 is 0 Å². The molecule has 1 fully saturated rings.